The molecule has 2 aromatic heterocycles. The van der Waals surface area contributed by atoms with Crippen LogP contribution < -0.4 is 5.32 Å². The van der Waals surface area contributed by atoms with E-state index in [0.717, 1.165) is 0 Å². The highest BCUT2D eigenvalue weighted by Crippen LogP contribution is 2.26. The fourth-order valence-electron chi connectivity index (χ4n) is 3.06. The summed E-state index contributed by atoms with van der Waals surface area (Å²) in [5.41, 5.74) is 1.31. The molecule has 8 nitrogen and oxygen atoms in total. The Bertz CT molecular complexity index is 1110. The van der Waals surface area contributed by atoms with Gasteiger partial charge in [-0.25, -0.2) is 12.7 Å². The summed E-state index contributed by atoms with van der Waals surface area (Å²) in [5, 5.41) is 17.1. The SMILES string of the molecule is CCS(=O)(=O)N1CC(CNc2ccc3nnc(-c4cc(Cl)cc(Cl)c4)n3n2)C1. The lowest BCUT2D eigenvalue weighted by atomic mass is 10.0. The molecule has 1 aliphatic rings. The van der Waals surface area contributed by atoms with Crippen LogP contribution in [0, 0.1) is 5.92 Å². The lowest BCUT2D eigenvalue weighted by molar-refractivity contribution is 0.212. The Morgan fingerprint density at radius 1 is 1.14 bits per heavy atom. The summed E-state index contributed by atoms with van der Waals surface area (Å²) < 4.78 is 26.7. The molecule has 0 radical (unpaired) electrons. The summed E-state index contributed by atoms with van der Waals surface area (Å²) >= 11 is 12.2. The summed E-state index contributed by atoms with van der Waals surface area (Å²) in [6.45, 7) is 3.35. The number of rotatable bonds is 6. The first kappa shape index (κ1) is 19.4. The van der Waals surface area contributed by atoms with Crippen LogP contribution in [-0.4, -0.2) is 57.9 Å². The van der Waals surface area contributed by atoms with Crippen LogP contribution in [0.3, 0.4) is 0 Å². The number of aromatic nitrogens is 4. The molecule has 1 fully saturated rings. The lowest BCUT2D eigenvalue weighted by Gasteiger charge is -2.37. The van der Waals surface area contributed by atoms with E-state index in [1.807, 2.05) is 12.1 Å². The predicted molar refractivity (Wildman–Crippen MR) is 109 cm³/mol. The molecule has 1 N–H and O–H groups in total. The molecule has 0 atom stereocenters. The van der Waals surface area contributed by atoms with E-state index >= 15 is 0 Å². The smallest absolute Gasteiger partial charge is 0.213 e. The summed E-state index contributed by atoms with van der Waals surface area (Å²) in [7, 11) is -3.09. The number of halogens is 2. The van der Waals surface area contributed by atoms with Crippen molar-refractivity contribution in [3.8, 4) is 11.4 Å². The van der Waals surface area contributed by atoms with Crippen molar-refractivity contribution < 1.29 is 8.42 Å². The van der Waals surface area contributed by atoms with Crippen molar-refractivity contribution in [2.45, 2.75) is 6.92 Å². The molecule has 0 aliphatic carbocycles. The molecular formula is C17H18Cl2N6O2S. The van der Waals surface area contributed by atoms with Crippen LogP contribution in [0.1, 0.15) is 6.92 Å². The minimum atomic E-state index is -3.09. The van der Waals surface area contributed by atoms with Crippen molar-refractivity contribution in [2.75, 3.05) is 30.7 Å². The molecule has 3 aromatic rings. The Morgan fingerprint density at radius 2 is 1.86 bits per heavy atom. The van der Waals surface area contributed by atoms with E-state index in [4.69, 9.17) is 23.2 Å². The third kappa shape index (κ3) is 3.80. The van der Waals surface area contributed by atoms with Crippen molar-refractivity contribution in [2.24, 2.45) is 5.92 Å². The van der Waals surface area contributed by atoms with E-state index < -0.39 is 10.0 Å². The van der Waals surface area contributed by atoms with Gasteiger partial charge in [-0.05, 0) is 37.3 Å². The highest BCUT2D eigenvalue weighted by Gasteiger charge is 2.34. The van der Waals surface area contributed by atoms with Crippen molar-refractivity contribution >= 4 is 44.7 Å². The molecule has 28 heavy (non-hydrogen) atoms. The Morgan fingerprint density at radius 3 is 2.54 bits per heavy atom. The largest absolute Gasteiger partial charge is 0.368 e. The number of hydrogen-bond donors (Lipinski definition) is 1. The van der Waals surface area contributed by atoms with Gasteiger partial charge in [0.1, 0.15) is 5.82 Å². The highest BCUT2D eigenvalue weighted by molar-refractivity contribution is 7.89. The van der Waals surface area contributed by atoms with Crippen LogP contribution in [0.2, 0.25) is 10.0 Å². The molecule has 0 saturated carbocycles. The maximum atomic E-state index is 11.8. The number of hydrogen-bond acceptors (Lipinski definition) is 6. The monoisotopic (exact) mass is 440 g/mol. The molecule has 148 valence electrons. The number of nitrogens with one attached hydrogen (secondary N) is 1. The molecule has 0 spiro atoms. The molecule has 0 unspecified atom stereocenters. The van der Waals surface area contributed by atoms with Crippen LogP contribution in [-0.2, 0) is 10.0 Å². The van der Waals surface area contributed by atoms with E-state index in [0.29, 0.717) is 52.5 Å². The van der Waals surface area contributed by atoms with Gasteiger partial charge < -0.3 is 5.32 Å². The normalized spacial score (nSPS) is 15.7. The zero-order chi connectivity index (χ0) is 19.9. The van der Waals surface area contributed by atoms with Crippen molar-refractivity contribution in [1.82, 2.24) is 24.1 Å². The van der Waals surface area contributed by atoms with Gasteiger partial charge in [0.25, 0.3) is 0 Å². The zero-order valence-corrected chi connectivity index (χ0v) is 17.3. The quantitative estimate of drug-likeness (QED) is 0.633. The minimum absolute atomic E-state index is 0.134. The second kappa shape index (κ2) is 7.47. The van der Waals surface area contributed by atoms with Gasteiger partial charge >= 0.3 is 0 Å². The molecule has 1 aliphatic heterocycles. The van der Waals surface area contributed by atoms with E-state index in [-0.39, 0.29) is 11.7 Å². The third-order valence-electron chi connectivity index (χ3n) is 4.64. The van der Waals surface area contributed by atoms with Gasteiger partial charge in [0.05, 0.1) is 5.75 Å². The van der Waals surface area contributed by atoms with Gasteiger partial charge in [-0.3, -0.25) is 0 Å². The van der Waals surface area contributed by atoms with Crippen molar-refractivity contribution in [3.63, 3.8) is 0 Å². The van der Waals surface area contributed by atoms with E-state index in [1.54, 1.807) is 29.6 Å². The Balaban J connectivity index is 1.49. The lowest BCUT2D eigenvalue weighted by Crippen LogP contribution is -2.52. The van der Waals surface area contributed by atoms with Crippen LogP contribution in [0.15, 0.2) is 30.3 Å². The standard InChI is InChI=1S/C17H18Cl2N6O2S/c1-2-28(26,27)24-9-11(10-24)8-20-15-3-4-16-21-22-17(25(16)23-15)12-5-13(18)7-14(19)6-12/h3-7,11H,2,8-10H2,1H3,(H,20,23). The van der Waals surface area contributed by atoms with Gasteiger partial charge in [0, 0.05) is 41.2 Å². The molecule has 0 bridgehead atoms. The van der Waals surface area contributed by atoms with Crippen LogP contribution >= 0.6 is 23.2 Å². The topological polar surface area (TPSA) is 92.5 Å². The highest BCUT2D eigenvalue weighted by atomic mass is 35.5. The summed E-state index contributed by atoms with van der Waals surface area (Å²) in [5.74, 6) is 1.58. The maximum Gasteiger partial charge on any atom is 0.213 e. The van der Waals surface area contributed by atoms with E-state index in [2.05, 4.69) is 20.6 Å². The number of anilines is 1. The average molecular weight is 441 g/mol. The molecule has 1 saturated heterocycles. The van der Waals surface area contributed by atoms with E-state index in [9.17, 15) is 8.42 Å². The van der Waals surface area contributed by atoms with Crippen LogP contribution in [0.25, 0.3) is 17.0 Å². The minimum Gasteiger partial charge on any atom is -0.368 e. The number of benzene rings is 1. The Hall–Kier alpha value is -1.94. The summed E-state index contributed by atoms with van der Waals surface area (Å²) in [6.07, 6.45) is 0. The van der Waals surface area contributed by atoms with Gasteiger partial charge in [-0.15, -0.1) is 15.3 Å². The van der Waals surface area contributed by atoms with Crippen LogP contribution in [0.4, 0.5) is 5.82 Å². The third-order valence-corrected chi connectivity index (χ3v) is 6.89. The maximum absolute atomic E-state index is 11.8. The first-order valence-electron chi connectivity index (χ1n) is 8.76. The number of nitrogens with zero attached hydrogens (tertiary/aromatic N) is 5. The first-order valence-corrected chi connectivity index (χ1v) is 11.1. The van der Waals surface area contributed by atoms with Gasteiger partial charge in [-0.1, -0.05) is 23.2 Å². The first-order chi connectivity index (χ1) is 13.4. The number of fused-ring (bicyclic) bond motifs is 1. The van der Waals surface area contributed by atoms with Gasteiger partial charge in [-0.2, -0.15) is 4.52 Å². The molecule has 3 heterocycles. The molecule has 1 aromatic carbocycles. The molecular weight excluding hydrogens is 423 g/mol. The van der Waals surface area contributed by atoms with E-state index in [1.165, 1.54) is 4.31 Å². The molecule has 0 amide bonds. The second-order valence-corrected chi connectivity index (χ2v) is 9.77. The van der Waals surface area contributed by atoms with Crippen molar-refractivity contribution in [1.29, 1.82) is 0 Å². The number of sulfonamides is 1. The summed E-state index contributed by atoms with van der Waals surface area (Å²) in [4.78, 5) is 0. The van der Waals surface area contributed by atoms with Crippen LogP contribution in [0.5, 0.6) is 0 Å². The fraction of sp³-hybridized carbons (Fsp3) is 0.353. The summed E-state index contributed by atoms with van der Waals surface area (Å²) in [6, 6.07) is 8.78. The Kier molecular flexibility index (Phi) is 5.17. The van der Waals surface area contributed by atoms with Gasteiger partial charge in [0.15, 0.2) is 11.5 Å². The fourth-order valence-corrected chi connectivity index (χ4v) is 4.82. The molecule has 4 rings (SSSR count). The predicted octanol–water partition coefficient (Wildman–Crippen LogP) is 2.79. The van der Waals surface area contributed by atoms with Gasteiger partial charge in [0.2, 0.25) is 10.0 Å². The Labute approximate surface area is 172 Å². The van der Waals surface area contributed by atoms with Crippen molar-refractivity contribution in [3.05, 3.63) is 40.4 Å². The second-order valence-electron chi connectivity index (χ2n) is 6.63. The average Bonchev–Trinajstić information content (AvgIpc) is 3.02. The zero-order valence-electron chi connectivity index (χ0n) is 15.0. The molecule has 11 heteroatoms.